The Morgan fingerprint density at radius 1 is 1.17 bits per heavy atom. The molecular formula is C20H24FNO2. The summed E-state index contributed by atoms with van der Waals surface area (Å²) in [5.74, 6) is 0.402. The molecular weight excluding hydrogens is 305 g/mol. The van der Waals surface area contributed by atoms with E-state index in [4.69, 9.17) is 4.74 Å². The lowest BCUT2D eigenvalue weighted by Crippen LogP contribution is -2.37. The molecule has 0 bridgehead atoms. The van der Waals surface area contributed by atoms with Crippen molar-refractivity contribution in [3.05, 3.63) is 65.5 Å². The molecule has 1 N–H and O–H groups in total. The van der Waals surface area contributed by atoms with Crippen molar-refractivity contribution in [2.24, 2.45) is 0 Å². The predicted octanol–water partition coefficient (Wildman–Crippen LogP) is 3.90. The summed E-state index contributed by atoms with van der Waals surface area (Å²) in [6, 6.07) is 14.2. The lowest BCUT2D eigenvalue weighted by Gasteiger charge is -2.16. The highest BCUT2D eigenvalue weighted by Gasteiger charge is 2.15. The first-order valence-electron chi connectivity index (χ1n) is 8.37. The van der Waals surface area contributed by atoms with Crippen molar-refractivity contribution in [2.45, 2.75) is 39.2 Å². The molecule has 0 radical (unpaired) electrons. The van der Waals surface area contributed by atoms with Crippen molar-refractivity contribution in [1.82, 2.24) is 5.32 Å². The van der Waals surface area contributed by atoms with Crippen LogP contribution in [-0.4, -0.2) is 18.6 Å². The predicted molar refractivity (Wildman–Crippen MR) is 93.6 cm³/mol. The minimum absolute atomic E-state index is 0.125. The van der Waals surface area contributed by atoms with Gasteiger partial charge in [-0.15, -0.1) is 0 Å². The maximum atomic E-state index is 12.8. The largest absolute Gasteiger partial charge is 0.481 e. The number of benzene rings is 2. The van der Waals surface area contributed by atoms with Gasteiger partial charge in [-0.25, -0.2) is 4.39 Å². The fourth-order valence-corrected chi connectivity index (χ4v) is 2.45. The molecule has 0 aliphatic carbocycles. The minimum atomic E-state index is -0.538. The van der Waals surface area contributed by atoms with Crippen LogP contribution in [0.15, 0.2) is 48.5 Å². The van der Waals surface area contributed by atoms with E-state index in [2.05, 4.69) is 12.2 Å². The van der Waals surface area contributed by atoms with Gasteiger partial charge in [0.1, 0.15) is 11.6 Å². The average Bonchev–Trinajstić information content (AvgIpc) is 2.60. The molecule has 0 aromatic heterocycles. The van der Waals surface area contributed by atoms with Gasteiger partial charge in [0.2, 0.25) is 0 Å². The fourth-order valence-electron chi connectivity index (χ4n) is 2.45. The number of nitrogens with one attached hydrogen (secondary N) is 1. The maximum Gasteiger partial charge on any atom is 0.260 e. The molecule has 0 saturated carbocycles. The number of hydrogen-bond acceptors (Lipinski definition) is 2. The number of para-hydroxylation sites is 1. The summed E-state index contributed by atoms with van der Waals surface area (Å²) in [5.41, 5.74) is 2.15. The van der Waals surface area contributed by atoms with Crippen molar-refractivity contribution >= 4 is 5.91 Å². The molecule has 0 heterocycles. The summed E-state index contributed by atoms with van der Waals surface area (Å²) in [4.78, 5) is 12.1. The summed E-state index contributed by atoms with van der Waals surface area (Å²) in [5, 5.41) is 2.88. The Morgan fingerprint density at radius 2 is 1.88 bits per heavy atom. The van der Waals surface area contributed by atoms with Crippen LogP contribution < -0.4 is 10.1 Å². The lowest BCUT2D eigenvalue weighted by atomic mass is 10.1. The van der Waals surface area contributed by atoms with Gasteiger partial charge < -0.3 is 10.1 Å². The van der Waals surface area contributed by atoms with E-state index >= 15 is 0 Å². The van der Waals surface area contributed by atoms with Crippen LogP contribution in [-0.2, 0) is 17.6 Å². The lowest BCUT2D eigenvalue weighted by molar-refractivity contribution is -0.127. The van der Waals surface area contributed by atoms with Gasteiger partial charge in [0.25, 0.3) is 5.91 Å². The zero-order chi connectivity index (χ0) is 17.4. The molecule has 2 aromatic rings. The van der Waals surface area contributed by atoms with Crippen LogP contribution in [0.4, 0.5) is 4.39 Å². The summed E-state index contributed by atoms with van der Waals surface area (Å²) < 4.78 is 18.6. The molecule has 1 unspecified atom stereocenters. The van der Waals surface area contributed by atoms with E-state index in [-0.39, 0.29) is 11.7 Å². The SMILES string of the molecule is CCc1ccccc1OC(C)C(=O)NCCCc1ccc(F)cc1. The van der Waals surface area contributed by atoms with E-state index in [0.29, 0.717) is 6.54 Å². The second kappa shape index (κ2) is 9.06. The normalized spacial score (nSPS) is 11.8. The summed E-state index contributed by atoms with van der Waals surface area (Å²) >= 11 is 0. The third-order valence-electron chi connectivity index (χ3n) is 3.88. The third kappa shape index (κ3) is 5.37. The Balaban J connectivity index is 1.74. The van der Waals surface area contributed by atoms with Crippen LogP contribution in [0.1, 0.15) is 31.4 Å². The van der Waals surface area contributed by atoms with Gasteiger partial charge in [-0.3, -0.25) is 4.79 Å². The number of amides is 1. The Morgan fingerprint density at radius 3 is 2.58 bits per heavy atom. The molecule has 1 atom stereocenters. The van der Waals surface area contributed by atoms with Crippen LogP contribution in [0.2, 0.25) is 0 Å². The Kier molecular flexibility index (Phi) is 6.79. The van der Waals surface area contributed by atoms with Gasteiger partial charge >= 0.3 is 0 Å². The average molecular weight is 329 g/mol. The van der Waals surface area contributed by atoms with Gasteiger partial charge in [0.05, 0.1) is 0 Å². The van der Waals surface area contributed by atoms with Crippen molar-refractivity contribution in [2.75, 3.05) is 6.54 Å². The zero-order valence-electron chi connectivity index (χ0n) is 14.2. The molecule has 3 nitrogen and oxygen atoms in total. The van der Waals surface area contributed by atoms with Gasteiger partial charge in [-0.2, -0.15) is 0 Å². The van der Waals surface area contributed by atoms with Gasteiger partial charge in [0, 0.05) is 6.54 Å². The van der Waals surface area contributed by atoms with Crippen molar-refractivity contribution in [3.8, 4) is 5.75 Å². The van der Waals surface area contributed by atoms with Crippen molar-refractivity contribution in [3.63, 3.8) is 0 Å². The monoisotopic (exact) mass is 329 g/mol. The van der Waals surface area contributed by atoms with Crippen LogP contribution in [0.5, 0.6) is 5.75 Å². The second-order valence-electron chi connectivity index (χ2n) is 5.74. The topological polar surface area (TPSA) is 38.3 Å². The first-order valence-corrected chi connectivity index (χ1v) is 8.37. The molecule has 0 fully saturated rings. The minimum Gasteiger partial charge on any atom is -0.481 e. The van der Waals surface area contributed by atoms with Crippen LogP contribution in [0, 0.1) is 5.82 Å². The number of hydrogen-bond donors (Lipinski definition) is 1. The molecule has 2 rings (SSSR count). The fraction of sp³-hybridized carbons (Fsp3) is 0.350. The van der Waals surface area contributed by atoms with E-state index in [0.717, 1.165) is 36.1 Å². The second-order valence-corrected chi connectivity index (χ2v) is 5.74. The van der Waals surface area contributed by atoms with Gasteiger partial charge in [0.15, 0.2) is 6.10 Å². The quantitative estimate of drug-likeness (QED) is 0.746. The van der Waals surface area contributed by atoms with Crippen LogP contribution in [0.3, 0.4) is 0 Å². The van der Waals surface area contributed by atoms with Crippen molar-refractivity contribution < 1.29 is 13.9 Å². The van der Waals surface area contributed by atoms with Crippen LogP contribution in [0.25, 0.3) is 0 Å². The van der Waals surface area contributed by atoms with Gasteiger partial charge in [-0.1, -0.05) is 37.3 Å². The molecule has 2 aromatic carbocycles. The Labute approximate surface area is 142 Å². The number of aryl methyl sites for hydroxylation is 2. The number of rotatable bonds is 8. The van der Waals surface area contributed by atoms with Gasteiger partial charge in [-0.05, 0) is 55.5 Å². The summed E-state index contributed by atoms with van der Waals surface area (Å²) in [6.45, 7) is 4.38. The number of halogens is 1. The van der Waals surface area contributed by atoms with E-state index in [1.807, 2.05) is 24.3 Å². The van der Waals surface area contributed by atoms with E-state index in [1.54, 1.807) is 19.1 Å². The molecule has 24 heavy (non-hydrogen) atoms. The first kappa shape index (κ1) is 18.0. The first-order chi connectivity index (χ1) is 11.6. The van der Waals surface area contributed by atoms with E-state index in [1.165, 1.54) is 12.1 Å². The zero-order valence-corrected chi connectivity index (χ0v) is 14.2. The van der Waals surface area contributed by atoms with E-state index < -0.39 is 6.10 Å². The molecule has 0 saturated heterocycles. The molecule has 4 heteroatoms. The molecule has 0 spiro atoms. The molecule has 128 valence electrons. The smallest absolute Gasteiger partial charge is 0.260 e. The molecule has 1 amide bonds. The van der Waals surface area contributed by atoms with Crippen LogP contribution >= 0.6 is 0 Å². The molecule has 0 aliphatic rings. The Bertz CT molecular complexity index is 655. The standard InChI is InChI=1S/C20H24FNO2/c1-3-17-8-4-5-9-19(17)24-15(2)20(23)22-14-6-7-16-10-12-18(21)13-11-16/h4-5,8-13,15H,3,6-7,14H2,1-2H3,(H,22,23). The summed E-state index contributed by atoms with van der Waals surface area (Å²) in [6.07, 6.45) is 1.93. The van der Waals surface area contributed by atoms with E-state index in [9.17, 15) is 9.18 Å². The molecule has 0 aliphatic heterocycles. The Hall–Kier alpha value is -2.36. The number of carbonyl (C=O) groups is 1. The van der Waals surface area contributed by atoms with Crippen molar-refractivity contribution in [1.29, 1.82) is 0 Å². The highest BCUT2D eigenvalue weighted by Crippen LogP contribution is 2.19. The third-order valence-corrected chi connectivity index (χ3v) is 3.88. The highest BCUT2D eigenvalue weighted by atomic mass is 19.1. The highest BCUT2D eigenvalue weighted by molar-refractivity contribution is 5.80. The number of carbonyl (C=O) groups excluding carboxylic acids is 1. The number of ether oxygens (including phenoxy) is 1. The summed E-state index contributed by atoms with van der Waals surface area (Å²) in [7, 11) is 0. The maximum absolute atomic E-state index is 12.8.